The first-order valence-corrected chi connectivity index (χ1v) is 5.78. The average Bonchev–Trinajstić information content (AvgIpc) is 2.35. The number of aliphatic hydroxyl groups is 1. The summed E-state index contributed by atoms with van der Waals surface area (Å²) in [6.45, 7) is 1.67. The van der Waals surface area contributed by atoms with Crippen LogP contribution in [0.25, 0.3) is 0 Å². The van der Waals surface area contributed by atoms with E-state index in [0.717, 1.165) is 5.56 Å². The maximum Gasteiger partial charge on any atom is 0.126 e. The number of halogens is 1. The molecule has 2 rings (SSSR count). The van der Waals surface area contributed by atoms with E-state index in [1.54, 1.807) is 43.3 Å². The van der Waals surface area contributed by atoms with Gasteiger partial charge in [0.25, 0.3) is 0 Å². The molecule has 0 saturated heterocycles. The molecule has 0 fully saturated rings. The Kier molecular flexibility index (Phi) is 3.63. The van der Waals surface area contributed by atoms with E-state index in [0.29, 0.717) is 17.5 Å². The molecule has 0 heterocycles. The molecular weight excluding hydrogens is 231 g/mol. The van der Waals surface area contributed by atoms with Crippen molar-refractivity contribution < 1.29 is 14.6 Å². The van der Waals surface area contributed by atoms with Crippen LogP contribution >= 0.6 is 0 Å². The number of hydrogen-bond acceptors (Lipinski definition) is 2. The lowest BCUT2D eigenvalue weighted by Gasteiger charge is -2.12. The second-order valence-electron chi connectivity index (χ2n) is 4.39. The molecule has 3 heteroatoms. The minimum absolute atomic E-state index is 0.200. The number of aliphatic hydroxyl groups excluding tert-OH is 1. The normalized spacial score (nSPS) is 12.4. The fraction of sp³-hybridized carbons (Fsp3) is 0.200. The van der Waals surface area contributed by atoms with Crippen molar-refractivity contribution in [3.63, 3.8) is 0 Å². The van der Waals surface area contributed by atoms with Gasteiger partial charge in [0.05, 0.1) is 6.10 Å². The van der Waals surface area contributed by atoms with Gasteiger partial charge in [-0.1, -0.05) is 24.3 Å². The first kappa shape index (κ1) is 12.6. The number of phenolic OH excluding ortho intramolecular Hbond substituents is 1. The van der Waals surface area contributed by atoms with E-state index < -0.39 is 6.10 Å². The third-order valence-electron chi connectivity index (χ3n) is 2.93. The summed E-state index contributed by atoms with van der Waals surface area (Å²) in [6.07, 6.45) is -0.237. The van der Waals surface area contributed by atoms with Crippen LogP contribution in [0, 0.1) is 12.7 Å². The zero-order valence-corrected chi connectivity index (χ0v) is 10.1. The van der Waals surface area contributed by atoms with E-state index in [4.69, 9.17) is 0 Å². The smallest absolute Gasteiger partial charge is 0.126 e. The lowest BCUT2D eigenvalue weighted by Crippen LogP contribution is -2.02. The molecule has 2 N–H and O–H groups in total. The lowest BCUT2D eigenvalue weighted by atomic mass is 10.00. The molecule has 0 aliphatic heterocycles. The van der Waals surface area contributed by atoms with Crippen molar-refractivity contribution in [2.45, 2.75) is 19.4 Å². The fourth-order valence-corrected chi connectivity index (χ4v) is 1.85. The van der Waals surface area contributed by atoms with E-state index >= 15 is 0 Å². The Hall–Kier alpha value is -1.87. The fourth-order valence-electron chi connectivity index (χ4n) is 1.85. The van der Waals surface area contributed by atoms with Crippen LogP contribution in [0.4, 0.5) is 4.39 Å². The van der Waals surface area contributed by atoms with Crippen LogP contribution in [-0.2, 0) is 6.42 Å². The van der Waals surface area contributed by atoms with Crippen molar-refractivity contribution in [2.24, 2.45) is 0 Å². The van der Waals surface area contributed by atoms with Gasteiger partial charge in [-0.25, -0.2) is 4.39 Å². The van der Waals surface area contributed by atoms with Gasteiger partial charge in [-0.15, -0.1) is 0 Å². The third kappa shape index (κ3) is 2.87. The molecule has 0 saturated carbocycles. The van der Waals surface area contributed by atoms with Gasteiger partial charge in [-0.2, -0.15) is 0 Å². The Balaban J connectivity index is 2.13. The molecule has 1 unspecified atom stereocenters. The second-order valence-corrected chi connectivity index (χ2v) is 4.39. The number of rotatable bonds is 3. The summed E-state index contributed by atoms with van der Waals surface area (Å²) in [4.78, 5) is 0. The second kappa shape index (κ2) is 5.19. The van der Waals surface area contributed by atoms with Crippen LogP contribution in [0.3, 0.4) is 0 Å². The van der Waals surface area contributed by atoms with Crippen LogP contribution in [0.2, 0.25) is 0 Å². The van der Waals surface area contributed by atoms with Crippen LogP contribution in [0.15, 0.2) is 42.5 Å². The molecule has 0 aromatic heterocycles. The quantitative estimate of drug-likeness (QED) is 0.873. The van der Waals surface area contributed by atoms with Crippen LogP contribution in [0.5, 0.6) is 5.75 Å². The van der Waals surface area contributed by atoms with Gasteiger partial charge in [-0.05, 0) is 41.8 Å². The summed E-state index contributed by atoms with van der Waals surface area (Å²) in [5.74, 6) is -0.0681. The maximum absolute atomic E-state index is 13.1. The molecule has 94 valence electrons. The summed E-state index contributed by atoms with van der Waals surface area (Å²) < 4.78 is 13.1. The Morgan fingerprint density at radius 3 is 2.39 bits per heavy atom. The molecule has 0 aliphatic rings. The van der Waals surface area contributed by atoms with Crippen LogP contribution in [0.1, 0.15) is 22.8 Å². The van der Waals surface area contributed by atoms with Crippen molar-refractivity contribution >= 4 is 0 Å². The number of aromatic hydroxyl groups is 1. The molecule has 0 bridgehead atoms. The Labute approximate surface area is 105 Å². The highest BCUT2D eigenvalue weighted by Gasteiger charge is 2.10. The van der Waals surface area contributed by atoms with Crippen molar-refractivity contribution in [1.29, 1.82) is 0 Å². The molecule has 0 amide bonds. The number of benzene rings is 2. The number of phenols is 1. The monoisotopic (exact) mass is 246 g/mol. The first-order valence-electron chi connectivity index (χ1n) is 5.78. The first-order chi connectivity index (χ1) is 8.56. The molecule has 0 aliphatic carbocycles. The number of aryl methyl sites for hydroxylation is 1. The predicted octanol–water partition coefficient (Wildman–Crippen LogP) is 3.12. The third-order valence-corrected chi connectivity index (χ3v) is 2.93. The largest absolute Gasteiger partial charge is 0.508 e. The maximum atomic E-state index is 13.1. The standard InChI is InChI=1S/C15H15FO2/c1-10-8-12(4-7-14(10)16)15(18)9-11-2-5-13(17)6-3-11/h2-8,15,17-18H,9H2,1H3. The Morgan fingerprint density at radius 1 is 1.11 bits per heavy atom. The highest BCUT2D eigenvalue weighted by Crippen LogP contribution is 2.21. The van der Waals surface area contributed by atoms with Gasteiger partial charge in [0.2, 0.25) is 0 Å². The molecule has 2 aromatic carbocycles. The Bertz CT molecular complexity index is 535. The van der Waals surface area contributed by atoms with Crippen molar-refractivity contribution in [3.8, 4) is 5.75 Å². The molecule has 18 heavy (non-hydrogen) atoms. The highest BCUT2D eigenvalue weighted by molar-refractivity contribution is 5.29. The van der Waals surface area contributed by atoms with Crippen molar-refractivity contribution in [2.75, 3.05) is 0 Å². The molecule has 2 aromatic rings. The predicted molar refractivity (Wildman–Crippen MR) is 67.9 cm³/mol. The Morgan fingerprint density at radius 2 is 1.78 bits per heavy atom. The van der Waals surface area contributed by atoms with Gasteiger partial charge in [0, 0.05) is 6.42 Å². The van der Waals surface area contributed by atoms with Gasteiger partial charge in [-0.3, -0.25) is 0 Å². The topological polar surface area (TPSA) is 40.5 Å². The van der Waals surface area contributed by atoms with E-state index in [-0.39, 0.29) is 11.6 Å². The summed E-state index contributed by atoms with van der Waals surface area (Å²) in [6, 6.07) is 11.3. The van der Waals surface area contributed by atoms with Crippen molar-refractivity contribution in [1.82, 2.24) is 0 Å². The van der Waals surface area contributed by atoms with E-state index in [1.165, 1.54) is 6.07 Å². The van der Waals surface area contributed by atoms with Gasteiger partial charge >= 0.3 is 0 Å². The minimum atomic E-state index is -0.672. The zero-order valence-electron chi connectivity index (χ0n) is 10.1. The highest BCUT2D eigenvalue weighted by atomic mass is 19.1. The van der Waals surface area contributed by atoms with Gasteiger partial charge < -0.3 is 10.2 Å². The average molecular weight is 246 g/mol. The van der Waals surface area contributed by atoms with Crippen LogP contribution in [-0.4, -0.2) is 10.2 Å². The summed E-state index contributed by atoms with van der Waals surface area (Å²) in [7, 11) is 0. The SMILES string of the molecule is Cc1cc(C(O)Cc2ccc(O)cc2)ccc1F. The zero-order chi connectivity index (χ0) is 13.1. The van der Waals surface area contributed by atoms with E-state index in [1.807, 2.05) is 0 Å². The molecular formula is C15H15FO2. The van der Waals surface area contributed by atoms with Crippen molar-refractivity contribution in [3.05, 3.63) is 65.0 Å². The van der Waals surface area contributed by atoms with Crippen LogP contribution < -0.4 is 0 Å². The molecule has 0 radical (unpaired) electrons. The summed E-state index contributed by atoms with van der Waals surface area (Å²) in [5, 5.41) is 19.2. The minimum Gasteiger partial charge on any atom is -0.508 e. The van der Waals surface area contributed by atoms with Gasteiger partial charge in [0.1, 0.15) is 11.6 Å². The van der Waals surface area contributed by atoms with E-state index in [9.17, 15) is 14.6 Å². The van der Waals surface area contributed by atoms with E-state index in [2.05, 4.69) is 0 Å². The lowest BCUT2D eigenvalue weighted by molar-refractivity contribution is 0.178. The molecule has 2 nitrogen and oxygen atoms in total. The molecule has 0 spiro atoms. The summed E-state index contributed by atoms with van der Waals surface area (Å²) in [5.41, 5.74) is 2.14. The summed E-state index contributed by atoms with van der Waals surface area (Å²) >= 11 is 0. The number of hydrogen-bond donors (Lipinski definition) is 2. The van der Waals surface area contributed by atoms with Gasteiger partial charge in [0.15, 0.2) is 0 Å². The molecule has 1 atom stereocenters.